The topological polar surface area (TPSA) is 38.9 Å². The predicted molar refractivity (Wildman–Crippen MR) is 60.8 cm³/mol. The lowest BCUT2D eigenvalue weighted by atomic mass is 10.0. The van der Waals surface area contributed by atoms with Crippen LogP contribution in [-0.4, -0.2) is 4.98 Å². The van der Waals surface area contributed by atoms with Gasteiger partial charge in [-0.3, -0.25) is 4.98 Å². The van der Waals surface area contributed by atoms with E-state index in [1.165, 1.54) is 18.4 Å². The molecule has 1 aliphatic carbocycles. The fraction of sp³-hybridized carbons (Fsp3) is 0.545. The van der Waals surface area contributed by atoms with Gasteiger partial charge in [0.05, 0.1) is 0 Å². The van der Waals surface area contributed by atoms with E-state index in [4.69, 9.17) is 5.73 Å². The third-order valence-electron chi connectivity index (χ3n) is 3.03. The first kappa shape index (κ1) is 10.1. The number of hydrogen-bond donors (Lipinski definition) is 1. The van der Waals surface area contributed by atoms with Crippen molar-refractivity contribution in [2.45, 2.75) is 31.7 Å². The summed E-state index contributed by atoms with van der Waals surface area (Å²) in [5.74, 6) is 0.656. The van der Waals surface area contributed by atoms with Crippen LogP contribution in [0.5, 0.6) is 0 Å². The van der Waals surface area contributed by atoms with Crippen molar-refractivity contribution in [2.24, 2.45) is 11.7 Å². The summed E-state index contributed by atoms with van der Waals surface area (Å²) in [7, 11) is 0. The lowest BCUT2D eigenvalue weighted by molar-refractivity contribution is 0.582. The van der Waals surface area contributed by atoms with Gasteiger partial charge < -0.3 is 5.73 Å². The van der Waals surface area contributed by atoms with Crippen LogP contribution in [0.15, 0.2) is 22.9 Å². The van der Waals surface area contributed by atoms with Gasteiger partial charge in [0.15, 0.2) is 0 Å². The highest BCUT2D eigenvalue weighted by molar-refractivity contribution is 9.10. The minimum atomic E-state index is -0.0905. The molecule has 1 aliphatic rings. The average molecular weight is 255 g/mol. The Hall–Kier alpha value is -0.410. The van der Waals surface area contributed by atoms with Crippen molar-refractivity contribution in [3.8, 4) is 0 Å². The normalized spacial score (nSPS) is 30.4. The molecule has 0 bridgehead atoms. The number of pyridine rings is 1. The van der Waals surface area contributed by atoms with E-state index in [1.54, 1.807) is 6.20 Å². The average Bonchev–Trinajstić information content (AvgIpc) is 2.79. The summed E-state index contributed by atoms with van der Waals surface area (Å²) in [4.78, 5) is 4.16. The van der Waals surface area contributed by atoms with E-state index in [-0.39, 0.29) is 5.54 Å². The molecule has 14 heavy (non-hydrogen) atoms. The van der Waals surface area contributed by atoms with Gasteiger partial charge in [0, 0.05) is 22.4 Å². The summed E-state index contributed by atoms with van der Waals surface area (Å²) in [6.07, 6.45) is 7.23. The molecule has 0 spiro atoms. The molecule has 2 atom stereocenters. The van der Waals surface area contributed by atoms with Crippen molar-refractivity contribution in [3.05, 3.63) is 28.5 Å². The lowest BCUT2D eigenvalue weighted by Gasteiger charge is -2.11. The molecule has 1 aromatic heterocycles. The minimum Gasteiger partial charge on any atom is -0.321 e. The molecule has 0 radical (unpaired) electrons. The molecule has 0 aromatic carbocycles. The second kappa shape index (κ2) is 3.63. The van der Waals surface area contributed by atoms with E-state index in [2.05, 4.69) is 33.9 Å². The zero-order valence-corrected chi connectivity index (χ0v) is 9.92. The monoisotopic (exact) mass is 254 g/mol. The van der Waals surface area contributed by atoms with E-state index in [0.717, 1.165) is 10.9 Å². The van der Waals surface area contributed by atoms with Gasteiger partial charge in [-0.25, -0.2) is 0 Å². The highest BCUT2D eigenvalue weighted by Gasteiger charge is 2.51. The second-order valence-corrected chi connectivity index (χ2v) is 5.04. The van der Waals surface area contributed by atoms with Crippen molar-refractivity contribution in [1.29, 1.82) is 0 Å². The Morgan fingerprint density at radius 1 is 1.64 bits per heavy atom. The smallest absolute Gasteiger partial charge is 0.0458 e. The number of aromatic nitrogens is 1. The maximum atomic E-state index is 6.31. The number of halogens is 1. The largest absolute Gasteiger partial charge is 0.321 e. The second-order valence-electron chi connectivity index (χ2n) is 4.12. The van der Waals surface area contributed by atoms with Gasteiger partial charge in [-0.15, -0.1) is 0 Å². The van der Waals surface area contributed by atoms with Crippen LogP contribution < -0.4 is 5.73 Å². The minimum absolute atomic E-state index is 0.0905. The van der Waals surface area contributed by atoms with E-state index < -0.39 is 0 Å². The molecular formula is C11H15BrN2. The molecule has 0 aliphatic heterocycles. The maximum absolute atomic E-state index is 6.31. The quantitative estimate of drug-likeness (QED) is 0.901. The van der Waals surface area contributed by atoms with Crippen LogP contribution in [0.2, 0.25) is 0 Å². The van der Waals surface area contributed by atoms with Crippen LogP contribution >= 0.6 is 15.9 Å². The van der Waals surface area contributed by atoms with E-state index in [0.29, 0.717) is 5.92 Å². The summed E-state index contributed by atoms with van der Waals surface area (Å²) >= 11 is 3.42. The number of nitrogens with zero attached hydrogens (tertiary/aromatic N) is 1. The Morgan fingerprint density at radius 2 is 2.43 bits per heavy atom. The molecule has 0 saturated heterocycles. The van der Waals surface area contributed by atoms with Gasteiger partial charge >= 0.3 is 0 Å². The van der Waals surface area contributed by atoms with E-state index in [9.17, 15) is 0 Å². The van der Waals surface area contributed by atoms with Gasteiger partial charge in [0.25, 0.3) is 0 Å². The fourth-order valence-electron chi connectivity index (χ4n) is 2.08. The zero-order valence-electron chi connectivity index (χ0n) is 8.33. The lowest BCUT2D eigenvalue weighted by Crippen LogP contribution is -2.22. The molecule has 2 nitrogen and oxygen atoms in total. The predicted octanol–water partition coefficient (Wildman–Crippen LogP) is 2.82. The first-order valence-corrected chi connectivity index (χ1v) is 5.86. The molecule has 1 fully saturated rings. The molecule has 2 rings (SSSR count). The number of hydrogen-bond acceptors (Lipinski definition) is 2. The maximum Gasteiger partial charge on any atom is 0.0458 e. The molecular weight excluding hydrogens is 240 g/mol. The van der Waals surface area contributed by atoms with Crippen LogP contribution in [0.4, 0.5) is 0 Å². The first-order chi connectivity index (χ1) is 6.66. The van der Waals surface area contributed by atoms with Crippen LogP contribution in [0.25, 0.3) is 0 Å². The van der Waals surface area contributed by atoms with Gasteiger partial charge in [0.1, 0.15) is 0 Å². The number of rotatable bonds is 3. The highest BCUT2D eigenvalue weighted by Crippen LogP contribution is 2.52. The Bertz CT molecular complexity index is 340. The third kappa shape index (κ3) is 1.71. The molecule has 2 unspecified atom stereocenters. The Morgan fingerprint density at radius 3 is 3.07 bits per heavy atom. The van der Waals surface area contributed by atoms with Crippen molar-refractivity contribution >= 4 is 15.9 Å². The Balaban J connectivity index is 2.17. The number of nitrogens with two attached hydrogens (primary N) is 1. The van der Waals surface area contributed by atoms with Gasteiger partial charge in [-0.2, -0.15) is 0 Å². The van der Waals surface area contributed by atoms with Crippen molar-refractivity contribution in [2.75, 3.05) is 0 Å². The summed E-state index contributed by atoms with van der Waals surface area (Å²) in [6, 6.07) is 2.09. The van der Waals surface area contributed by atoms with Crippen LogP contribution in [-0.2, 0) is 5.54 Å². The van der Waals surface area contributed by atoms with Crippen LogP contribution in [0, 0.1) is 5.92 Å². The fourth-order valence-corrected chi connectivity index (χ4v) is 2.44. The highest BCUT2D eigenvalue weighted by atomic mass is 79.9. The summed E-state index contributed by atoms with van der Waals surface area (Å²) in [5, 5.41) is 0. The van der Waals surface area contributed by atoms with Gasteiger partial charge in [0.2, 0.25) is 0 Å². The summed E-state index contributed by atoms with van der Waals surface area (Å²) in [5.41, 5.74) is 7.39. The zero-order chi connectivity index (χ0) is 10.2. The standard InChI is InChI=1S/C11H15BrN2/c1-2-3-8-5-11(8,13)9-4-10(12)7-14-6-9/h4,6-8H,2-3,5,13H2,1H3. The van der Waals surface area contributed by atoms with Crippen molar-refractivity contribution in [3.63, 3.8) is 0 Å². The van der Waals surface area contributed by atoms with E-state index >= 15 is 0 Å². The summed E-state index contributed by atoms with van der Waals surface area (Å²) in [6.45, 7) is 2.21. The van der Waals surface area contributed by atoms with Gasteiger partial charge in [-0.1, -0.05) is 13.3 Å². The van der Waals surface area contributed by atoms with Crippen molar-refractivity contribution < 1.29 is 0 Å². The molecule has 2 N–H and O–H groups in total. The van der Waals surface area contributed by atoms with Crippen molar-refractivity contribution in [1.82, 2.24) is 4.98 Å². The molecule has 0 amide bonds. The molecule has 1 heterocycles. The molecule has 3 heteroatoms. The van der Waals surface area contributed by atoms with Crippen LogP contribution in [0.1, 0.15) is 31.7 Å². The van der Waals surface area contributed by atoms with Gasteiger partial charge in [-0.05, 0) is 46.3 Å². The Labute approximate surface area is 93.0 Å². The Kier molecular flexibility index (Phi) is 2.62. The van der Waals surface area contributed by atoms with E-state index in [1.807, 2.05) is 6.20 Å². The summed E-state index contributed by atoms with van der Waals surface area (Å²) < 4.78 is 1.02. The molecule has 1 saturated carbocycles. The van der Waals surface area contributed by atoms with Crippen LogP contribution in [0.3, 0.4) is 0 Å². The molecule has 76 valence electrons. The first-order valence-electron chi connectivity index (χ1n) is 5.06. The third-order valence-corrected chi connectivity index (χ3v) is 3.47. The SMILES string of the molecule is CCCC1CC1(N)c1cncc(Br)c1. The molecule has 1 aromatic rings.